The van der Waals surface area contributed by atoms with E-state index >= 15 is 0 Å². The van der Waals surface area contributed by atoms with Crippen LogP contribution in [0.4, 0.5) is 5.69 Å². The van der Waals surface area contributed by atoms with Crippen molar-refractivity contribution in [1.29, 1.82) is 0 Å². The van der Waals surface area contributed by atoms with Gasteiger partial charge >= 0.3 is 5.97 Å². The highest BCUT2D eigenvalue weighted by molar-refractivity contribution is 5.90. The quantitative estimate of drug-likeness (QED) is 0.277. The number of carbonyl (C=O) groups is 2. The van der Waals surface area contributed by atoms with Crippen LogP contribution in [-0.2, 0) is 16.0 Å². The third-order valence-electron chi connectivity index (χ3n) is 4.11. The van der Waals surface area contributed by atoms with E-state index in [1.807, 2.05) is 0 Å². The number of carbonyl (C=O) groups excluding carboxylic acids is 2. The minimum absolute atomic E-state index is 0.0330. The minimum Gasteiger partial charge on any atom is -0.465 e. The third kappa shape index (κ3) is 5.16. The number of ether oxygens (including phenoxy) is 1. The van der Waals surface area contributed by atoms with Crippen LogP contribution < -0.4 is 5.43 Å². The number of hydrogen-bond donors (Lipinski definition) is 1. The van der Waals surface area contributed by atoms with E-state index in [1.165, 1.54) is 37.6 Å². The number of furan rings is 1. The minimum atomic E-state index is -0.501. The van der Waals surface area contributed by atoms with Crippen molar-refractivity contribution in [3.8, 4) is 11.3 Å². The highest BCUT2D eigenvalue weighted by Crippen LogP contribution is 2.22. The monoisotopic (exact) mass is 407 g/mol. The van der Waals surface area contributed by atoms with E-state index in [2.05, 4.69) is 15.3 Å². The maximum Gasteiger partial charge on any atom is 0.337 e. The van der Waals surface area contributed by atoms with E-state index in [-0.39, 0.29) is 18.0 Å². The number of esters is 1. The second-order valence-corrected chi connectivity index (χ2v) is 6.16. The fourth-order valence-electron chi connectivity index (χ4n) is 2.59. The summed E-state index contributed by atoms with van der Waals surface area (Å²) < 4.78 is 10.3. The van der Waals surface area contributed by atoms with Crippen LogP contribution in [-0.4, -0.2) is 30.1 Å². The van der Waals surface area contributed by atoms with Gasteiger partial charge in [-0.15, -0.1) is 0 Å². The highest BCUT2D eigenvalue weighted by Gasteiger charge is 2.09. The average molecular weight is 407 g/mol. The molecule has 1 N–H and O–H groups in total. The number of nitrogens with zero attached hydrogens (tertiary/aromatic N) is 2. The fraction of sp³-hybridized carbons (Fsp3) is 0.0952. The standard InChI is InChI=1S/C21H17N3O6/c1-29-21(26)16-6-4-15(5-7-16)19-11-10-18(30-19)13-22-23-20(25)12-14-2-8-17(9-3-14)24(27)28/h2-11,13H,12H2,1H3,(H,23,25)/b22-13-. The molecule has 0 radical (unpaired) electrons. The summed E-state index contributed by atoms with van der Waals surface area (Å²) in [4.78, 5) is 33.5. The Morgan fingerprint density at radius 1 is 1.10 bits per heavy atom. The molecular formula is C21H17N3O6. The molecule has 0 bridgehead atoms. The largest absolute Gasteiger partial charge is 0.465 e. The van der Waals surface area contributed by atoms with E-state index in [4.69, 9.17) is 4.42 Å². The number of hydrazone groups is 1. The number of non-ortho nitro benzene ring substituents is 1. The summed E-state index contributed by atoms with van der Waals surface area (Å²) in [5.41, 5.74) is 4.17. The molecule has 152 valence electrons. The Labute approximate surface area is 171 Å². The van der Waals surface area contributed by atoms with Crippen molar-refractivity contribution in [3.05, 3.63) is 87.7 Å². The van der Waals surface area contributed by atoms with Gasteiger partial charge in [-0.1, -0.05) is 24.3 Å². The summed E-state index contributed by atoms with van der Waals surface area (Å²) >= 11 is 0. The van der Waals surface area contributed by atoms with Crippen LogP contribution in [0.2, 0.25) is 0 Å². The zero-order chi connectivity index (χ0) is 21.5. The number of methoxy groups -OCH3 is 1. The first-order valence-corrected chi connectivity index (χ1v) is 8.80. The second-order valence-electron chi connectivity index (χ2n) is 6.16. The number of benzene rings is 2. The van der Waals surface area contributed by atoms with Crippen LogP contribution in [0.25, 0.3) is 11.3 Å². The Hall–Kier alpha value is -4.27. The van der Waals surface area contributed by atoms with Crippen LogP contribution in [0.1, 0.15) is 21.7 Å². The maximum absolute atomic E-state index is 11.9. The van der Waals surface area contributed by atoms with Gasteiger partial charge in [0.25, 0.3) is 5.69 Å². The van der Waals surface area contributed by atoms with Gasteiger partial charge in [0, 0.05) is 17.7 Å². The van der Waals surface area contributed by atoms with Gasteiger partial charge in [0.05, 0.1) is 30.2 Å². The van der Waals surface area contributed by atoms with Crippen molar-refractivity contribution in [2.75, 3.05) is 7.11 Å². The lowest BCUT2D eigenvalue weighted by atomic mass is 10.1. The molecular weight excluding hydrogens is 390 g/mol. The maximum atomic E-state index is 11.9. The summed E-state index contributed by atoms with van der Waals surface area (Å²) in [6.45, 7) is 0. The molecule has 0 unspecified atom stereocenters. The Bertz CT molecular complexity index is 1080. The lowest BCUT2D eigenvalue weighted by molar-refractivity contribution is -0.384. The fourth-order valence-corrected chi connectivity index (χ4v) is 2.59. The molecule has 1 aromatic heterocycles. The van der Waals surface area contributed by atoms with Crippen molar-refractivity contribution in [1.82, 2.24) is 5.43 Å². The Morgan fingerprint density at radius 2 is 1.80 bits per heavy atom. The van der Waals surface area contributed by atoms with Crippen molar-refractivity contribution < 1.29 is 23.7 Å². The molecule has 9 nitrogen and oxygen atoms in total. The second kappa shape index (κ2) is 9.28. The molecule has 0 aliphatic heterocycles. The Morgan fingerprint density at radius 3 is 2.43 bits per heavy atom. The van der Waals surface area contributed by atoms with Crippen LogP contribution in [0.3, 0.4) is 0 Å². The lowest BCUT2D eigenvalue weighted by Gasteiger charge is -2.01. The molecule has 0 aliphatic carbocycles. The first-order chi connectivity index (χ1) is 14.5. The van der Waals surface area contributed by atoms with E-state index in [0.717, 1.165) is 5.56 Å². The lowest BCUT2D eigenvalue weighted by Crippen LogP contribution is -2.19. The van der Waals surface area contributed by atoms with Gasteiger partial charge in [0.2, 0.25) is 5.91 Å². The molecule has 0 fully saturated rings. The van der Waals surface area contributed by atoms with Gasteiger partial charge < -0.3 is 9.15 Å². The first kappa shape index (κ1) is 20.5. The van der Waals surface area contributed by atoms with Crippen molar-refractivity contribution in [3.63, 3.8) is 0 Å². The smallest absolute Gasteiger partial charge is 0.337 e. The van der Waals surface area contributed by atoms with Crippen molar-refractivity contribution >= 4 is 23.8 Å². The topological polar surface area (TPSA) is 124 Å². The molecule has 0 saturated carbocycles. The van der Waals surface area contributed by atoms with Gasteiger partial charge in [0.15, 0.2) is 0 Å². The zero-order valence-corrected chi connectivity index (χ0v) is 15.9. The number of rotatable bonds is 7. The molecule has 1 heterocycles. The van der Waals surface area contributed by atoms with E-state index in [1.54, 1.807) is 36.4 Å². The van der Waals surface area contributed by atoms with Crippen molar-refractivity contribution in [2.24, 2.45) is 5.10 Å². The molecule has 0 atom stereocenters. The SMILES string of the molecule is COC(=O)c1ccc(-c2ccc(/C=N\NC(=O)Cc3ccc([N+](=O)[O-])cc3)o2)cc1. The molecule has 30 heavy (non-hydrogen) atoms. The Kier molecular flexibility index (Phi) is 6.33. The predicted octanol–water partition coefficient (Wildman–Crippen LogP) is 3.33. The Balaban J connectivity index is 1.55. The molecule has 1 amide bonds. The average Bonchev–Trinajstić information content (AvgIpc) is 3.22. The molecule has 2 aromatic carbocycles. The van der Waals surface area contributed by atoms with Crippen LogP contribution in [0.15, 0.2) is 70.2 Å². The summed E-state index contributed by atoms with van der Waals surface area (Å²) in [5, 5.41) is 14.5. The van der Waals surface area contributed by atoms with E-state index < -0.39 is 10.9 Å². The number of nitrogens with one attached hydrogen (secondary N) is 1. The van der Waals surface area contributed by atoms with Gasteiger partial charge in [-0.2, -0.15) is 5.10 Å². The van der Waals surface area contributed by atoms with Crippen molar-refractivity contribution in [2.45, 2.75) is 6.42 Å². The molecule has 0 saturated heterocycles. The van der Waals surface area contributed by atoms with Crippen LogP contribution in [0.5, 0.6) is 0 Å². The molecule has 3 aromatic rings. The molecule has 9 heteroatoms. The number of nitro benzene ring substituents is 1. The number of hydrogen-bond acceptors (Lipinski definition) is 7. The first-order valence-electron chi connectivity index (χ1n) is 8.80. The van der Waals surface area contributed by atoms with E-state index in [9.17, 15) is 19.7 Å². The predicted molar refractivity (Wildman–Crippen MR) is 108 cm³/mol. The third-order valence-corrected chi connectivity index (χ3v) is 4.11. The van der Waals surface area contributed by atoms with Crippen LogP contribution >= 0.6 is 0 Å². The zero-order valence-electron chi connectivity index (χ0n) is 15.9. The van der Waals surface area contributed by atoms with Gasteiger partial charge in [-0.25, -0.2) is 10.2 Å². The summed E-state index contributed by atoms with van der Waals surface area (Å²) in [6.07, 6.45) is 1.39. The summed E-state index contributed by atoms with van der Waals surface area (Å²) in [7, 11) is 1.32. The van der Waals surface area contributed by atoms with Gasteiger partial charge in [0.1, 0.15) is 11.5 Å². The molecule has 3 rings (SSSR count). The van der Waals surface area contributed by atoms with E-state index in [0.29, 0.717) is 22.6 Å². The molecule has 0 spiro atoms. The normalized spacial score (nSPS) is 10.7. The van der Waals surface area contributed by atoms with Crippen LogP contribution in [0, 0.1) is 10.1 Å². The summed E-state index contributed by atoms with van der Waals surface area (Å²) in [5.74, 6) is 0.214. The molecule has 0 aliphatic rings. The van der Waals surface area contributed by atoms with Gasteiger partial charge in [-0.3, -0.25) is 14.9 Å². The number of amides is 1. The van der Waals surface area contributed by atoms with Gasteiger partial charge in [-0.05, 0) is 29.8 Å². The number of nitro groups is 1. The highest BCUT2D eigenvalue weighted by atomic mass is 16.6. The summed E-state index contributed by atoms with van der Waals surface area (Å²) in [6, 6.07) is 15.9.